The van der Waals surface area contributed by atoms with E-state index >= 15 is 0 Å². The van der Waals surface area contributed by atoms with Crippen LogP contribution in [-0.4, -0.2) is 59.1 Å². The summed E-state index contributed by atoms with van der Waals surface area (Å²) in [6.45, 7) is 2.81. The predicted molar refractivity (Wildman–Crippen MR) is 120 cm³/mol. The van der Waals surface area contributed by atoms with Gasteiger partial charge in [0.1, 0.15) is 17.7 Å². The Labute approximate surface area is 191 Å². The maximum absolute atomic E-state index is 13.0. The number of aliphatic hydroxyl groups excluding tert-OH is 1. The van der Waals surface area contributed by atoms with Crippen LogP contribution in [0.3, 0.4) is 0 Å². The molecule has 4 rings (SSSR count). The molecule has 0 radical (unpaired) electrons. The molecule has 2 unspecified atom stereocenters. The molecule has 1 fully saturated rings. The third kappa shape index (κ3) is 4.49. The van der Waals surface area contributed by atoms with Gasteiger partial charge in [-0.15, -0.1) is 0 Å². The molecule has 4 atom stereocenters. The highest BCUT2D eigenvalue weighted by Gasteiger charge is 2.44. The molecular weight excluding hydrogens is 446 g/mol. The Morgan fingerprint density at radius 2 is 1.82 bits per heavy atom. The number of oxazole rings is 1. The summed E-state index contributed by atoms with van der Waals surface area (Å²) in [6.07, 6.45) is -1.26. The van der Waals surface area contributed by atoms with Crippen molar-refractivity contribution in [1.29, 1.82) is 0 Å². The van der Waals surface area contributed by atoms with Gasteiger partial charge in [0, 0.05) is 13.5 Å². The number of fused-ring (bicyclic) bond motifs is 1. The van der Waals surface area contributed by atoms with Gasteiger partial charge in [-0.3, -0.25) is 9.59 Å². The average Bonchev–Trinajstić information content (AvgIpc) is 3.44. The number of hydrogen-bond acceptors (Lipinski definition) is 7. The summed E-state index contributed by atoms with van der Waals surface area (Å²) in [7, 11) is -3.72. The van der Waals surface area contributed by atoms with Crippen LogP contribution in [0.2, 0.25) is 0 Å². The Bertz CT molecular complexity index is 1240. The van der Waals surface area contributed by atoms with Crippen LogP contribution in [0.1, 0.15) is 32.3 Å². The normalized spacial score (nSPS) is 20.5. The van der Waals surface area contributed by atoms with Crippen molar-refractivity contribution in [1.82, 2.24) is 15.2 Å². The predicted octanol–water partition coefficient (Wildman–Crippen LogP) is 1.83. The number of likely N-dealkylation sites (tertiary alicyclic amines) is 1. The number of aliphatic hydroxyl groups is 1. The first-order valence-corrected chi connectivity index (χ1v) is 12.1. The minimum absolute atomic E-state index is 0.0334. The highest BCUT2D eigenvalue weighted by atomic mass is 32.2. The molecule has 1 aliphatic rings. The van der Waals surface area contributed by atoms with E-state index in [0.717, 1.165) is 0 Å². The minimum atomic E-state index is -3.72. The number of carbonyl (C=O) groups excluding carboxylic acids is 2. The van der Waals surface area contributed by atoms with Crippen LogP contribution in [-0.2, 0) is 19.4 Å². The zero-order valence-corrected chi connectivity index (χ0v) is 19.0. The van der Waals surface area contributed by atoms with Crippen LogP contribution in [0.5, 0.6) is 0 Å². The fraction of sp³-hybridized carbons (Fsp3) is 0.348. The Morgan fingerprint density at radius 3 is 2.48 bits per heavy atom. The monoisotopic (exact) mass is 471 g/mol. The minimum Gasteiger partial charge on any atom is -0.438 e. The number of para-hydroxylation sites is 2. The van der Waals surface area contributed by atoms with Crippen molar-refractivity contribution in [2.75, 3.05) is 6.54 Å². The number of carbonyl (C=O) groups is 2. The molecule has 0 spiro atoms. The van der Waals surface area contributed by atoms with Crippen LogP contribution in [0, 0.1) is 0 Å². The van der Waals surface area contributed by atoms with Gasteiger partial charge < -0.3 is 19.7 Å². The summed E-state index contributed by atoms with van der Waals surface area (Å²) in [5, 5.41) is 12.4. The first kappa shape index (κ1) is 22.9. The summed E-state index contributed by atoms with van der Waals surface area (Å²) < 4.78 is 31.7. The number of hydrogen-bond donors (Lipinski definition) is 2. The Morgan fingerprint density at radius 1 is 1.15 bits per heavy atom. The average molecular weight is 472 g/mol. The van der Waals surface area contributed by atoms with Gasteiger partial charge >= 0.3 is 0 Å². The van der Waals surface area contributed by atoms with E-state index in [2.05, 4.69) is 10.3 Å². The molecule has 2 heterocycles. The van der Waals surface area contributed by atoms with Crippen molar-refractivity contribution in [3.8, 4) is 0 Å². The first-order chi connectivity index (χ1) is 15.7. The maximum Gasteiger partial charge on any atom is 0.243 e. The molecule has 1 saturated heterocycles. The molecule has 1 aliphatic heterocycles. The van der Waals surface area contributed by atoms with E-state index in [1.54, 1.807) is 49.4 Å². The van der Waals surface area contributed by atoms with Gasteiger partial charge in [-0.1, -0.05) is 30.3 Å². The number of nitrogens with one attached hydrogen (secondary N) is 1. The second-order valence-corrected chi connectivity index (χ2v) is 10.4. The second-order valence-electron chi connectivity index (χ2n) is 8.16. The fourth-order valence-electron chi connectivity index (χ4n) is 4.05. The second kappa shape index (κ2) is 8.95. The lowest BCUT2D eigenvalue weighted by Crippen LogP contribution is -2.49. The molecule has 9 nitrogen and oxygen atoms in total. The fourth-order valence-corrected chi connectivity index (χ4v) is 5.77. The van der Waals surface area contributed by atoms with E-state index in [4.69, 9.17) is 4.42 Å². The molecule has 3 aromatic rings. The largest absolute Gasteiger partial charge is 0.438 e. The van der Waals surface area contributed by atoms with Crippen molar-refractivity contribution < 1.29 is 27.5 Å². The van der Waals surface area contributed by atoms with Gasteiger partial charge in [-0.05, 0) is 37.6 Å². The molecule has 0 bridgehead atoms. The topological polar surface area (TPSA) is 130 Å². The molecule has 2 N–H and O–H groups in total. The maximum atomic E-state index is 13.0. The number of benzene rings is 2. The Balaban J connectivity index is 1.49. The van der Waals surface area contributed by atoms with E-state index in [-0.39, 0.29) is 23.8 Å². The summed E-state index contributed by atoms with van der Waals surface area (Å²) in [6, 6.07) is 13.3. The van der Waals surface area contributed by atoms with Gasteiger partial charge in [0.15, 0.2) is 15.4 Å². The van der Waals surface area contributed by atoms with Gasteiger partial charge in [0.25, 0.3) is 0 Å². The standard InChI is InChI=1S/C23H25N3O6S/c1-14(21(28)23-25-18-10-6-7-11-20(18)32-23)24-22(29)19-12-17(13-26(19)15(2)27)33(30,31)16-8-4-3-5-9-16/h3-11,14,17,19,21,28H,12-13H2,1-2H3,(H,24,29)/t14?,17-,19+,21?/m1/s1. The number of amides is 2. The van der Waals surface area contributed by atoms with E-state index in [0.29, 0.717) is 11.1 Å². The first-order valence-electron chi connectivity index (χ1n) is 10.6. The smallest absolute Gasteiger partial charge is 0.243 e. The molecule has 10 heteroatoms. The van der Waals surface area contributed by atoms with E-state index in [1.165, 1.54) is 24.0 Å². The van der Waals surface area contributed by atoms with Crippen LogP contribution in [0.25, 0.3) is 11.1 Å². The zero-order valence-electron chi connectivity index (χ0n) is 18.2. The van der Waals surface area contributed by atoms with E-state index < -0.39 is 45.1 Å². The van der Waals surface area contributed by atoms with Crippen LogP contribution in [0.4, 0.5) is 0 Å². The summed E-state index contributed by atoms with van der Waals surface area (Å²) >= 11 is 0. The Hall–Kier alpha value is -3.24. The number of rotatable bonds is 6. The highest BCUT2D eigenvalue weighted by Crippen LogP contribution is 2.29. The van der Waals surface area contributed by atoms with Crippen molar-refractivity contribution in [3.63, 3.8) is 0 Å². The molecule has 2 amide bonds. The number of aromatic nitrogens is 1. The molecule has 0 saturated carbocycles. The molecular formula is C23H25N3O6S. The summed E-state index contributed by atoms with van der Waals surface area (Å²) in [4.78, 5) is 30.9. The lowest BCUT2D eigenvalue weighted by molar-refractivity contribution is -0.137. The highest BCUT2D eigenvalue weighted by molar-refractivity contribution is 7.92. The van der Waals surface area contributed by atoms with E-state index in [1.807, 2.05) is 0 Å². The van der Waals surface area contributed by atoms with Crippen LogP contribution >= 0.6 is 0 Å². The summed E-state index contributed by atoms with van der Waals surface area (Å²) in [5.41, 5.74) is 1.09. The molecule has 2 aromatic carbocycles. The Kier molecular flexibility index (Phi) is 6.22. The van der Waals surface area contributed by atoms with Crippen molar-refractivity contribution in [2.24, 2.45) is 0 Å². The third-order valence-corrected chi connectivity index (χ3v) is 8.04. The molecule has 1 aromatic heterocycles. The van der Waals surface area contributed by atoms with Crippen molar-refractivity contribution in [3.05, 3.63) is 60.5 Å². The van der Waals surface area contributed by atoms with Crippen molar-refractivity contribution in [2.45, 2.75) is 48.6 Å². The summed E-state index contributed by atoms with van der Waals surface area (Å²) in [5.74, 6) is -0.880. The number of nitrogens with zero attached hydrogens (tertiary/aromatic N) is 2. The van der Waals surface area contributed by atoms with Crippen molar-refractivity contribution >= 4 is 32.8 Å². The lowest BCUT2D eigenvalue weighted by atomic mass is 10.1. The third-order valence-electron chi connectivity index (χ3n) is 5.89. The SMILES string of the molecule is CC(=O)N1C[C@H](S(=O)(=O)c2ccccc2)C[C@H]1C(=O)NC(C)C(O)c1nc2ccccc2o1. The zero-order chi connectivity index (χ0) is 23.8. The number of sulfone groups is 1. The van der Waals surface area contributed by atoms with Gasteiger partial charge in [0.05, 0.1) is 16.2 Å². The van der Waals surface area contributed by atoms with E-state index in [9.17, 15) is 23.1 Å². The quantitative estimate of drug-likeness (QED) is 0.561. The van der Waals surface area contributed by atoms with Crippen LogP contribution in [0.15, 0.2) is 63.9 Å². The molecule has 33 heavy (non-hydrogen) atoms. The lowest BCUT2D eigenvalue weighted by Gasteiger charge is -2.25. The van der Waals surface area contributed by atoms with Gasteiger partial charge in [-0.2, -0.15) is 0 Å². The molecule has 0 aliphatic carbocycles. The van der Waals surface area contributed by atoms with Gasteiger partial charge in [-0.25, -0.2) is 13.4 Å². The van der Waals surface area contributed by atoms with Gasteiger partial charge in [0.2, 0.25) is 17.7 Å². The van der Waals surface area contributed by atoms with Crippen LogP contribution < -0.4 is 5.32 Å². The molecule has 174 valence electrons.